The maximum Gasteiger partial charge on any atom is 0.492 e. The van der Waals surface area contributed by atoms with Crippen LogP contribution in [0.3, 0.4) is 0 Å². The fraction of sp³-hybridized carbons (Fsp3) is 0.143. The van der Waals surface area contributed by atoms with Crippen molar-refractivity contribution in [3.05, 3.63) is 59.2 Å². The van der Waals surface area contributed by atoms with Crippen LogP contribution in [0.25, 0.3) is 0 Å². The van der Waals surface area contributed by atoms with Gasteiger partial charge in [0, 0.05) is 5.46 Å². The van der Waals surface area contributed by atoms with Gasteiger partial charge in [0.05, 0.1) is 5.56 Å². The summed E-state index contributed by atoms with van der Waals surface area (Å²) < 4.78 is 32.2. The van der Waals surface area contributed by atoms with E-state index in [0.717, 1.165) is 17.7 Å². The van der Waals surface area contributed by atoms with Gasteiger partial charge in [0.25, 0.3) is 0 Å². The number of aryl methyl sites for hydroxylation is 1. The van der Waals surface area contributed by atoms with E-state index >= 15 is 0 Å². The second-order valence-corrected chi connectivity index (χ2v) is 4.40. The molecule has 0 fully saturated rings. The molecular formula is C14H13BF2O3. The molecule has 0 amide bonds. The van der Waals surface area contributed by atoms with Crippen molar-refractivity contribution in [1.82, 2.24) is 0 Å². The van der Waals surface area contributed by atoms with Crippen LogP contribution >= 0.6 is 0 Å². The molecule has 3 nitrogen and oxygen atoms in total. The predicted octanol–water partition coefficient (Wildman–Crippen LogP) is 1.53. The zero-order valence-corrected chi connectivity index (χ0v) is 10.8. The molecule has 0 bridgehead atoms. The van der Waals surface area contributed by atoms with Crippen LogP contribution in [0.5, 0.6) is 5.75 Å². The SMILES string of the molecule is Cc1ccc(OCc2c(F)cccc2F)c(B(O)O)c1. The normalized spacial score (nSPS) is 10.4. The van der Waals surface area contributed by atoms with Crippen molar-refractivity contribution in [1.29, 1.82) is 0 Å². The van der Waals surface area contributed by atoms with Crippen LogP contribution in [0, 0.1) is 18.6 Å². The molecule has 0 aliphatic carbocycles. The highest BCUT2D eigenvalue weighted by Crippen LogP contribution is 2.16. The Labute approximate surface area is 115 Å². The van der Waals surface area contributed by atoms with E-state index in [1.165, 1.54) is 18.2 Å². The molecule has 2 aromatic rings. The Morgan fingerprint density at radius 3 is 2.35 bits per heavy atom. The first kappa shape index (κ1) is 14.5. The van der Waals surface area contributed by atoms with Crippen LogP contribution in [0.2, 0.25) is 0 Å². The summed E-state index contributed by atoms with van der Waals surface area (Å²) in [5, 5.41) is 18.5. The Balaban J connectivity index is 2.23. The quantitative estimate of drug-likeness (QED) is 0.834. The van der Waals surface area contributed by atoms with Crippen LogP contribution in [0.15, 0.2) is 36.4 Å². The third-order valence-electron chi connectivity index (χ3n) is 2.88. The first-order valence-electron chi connectivity index (χ1n) is 6.01. The van der Waals surface area contributed by atoms with Gasteiger partial charge in [-0.2, -0.15) is 0 Å². The van der Waals surface area contributed by atoms with Gasteiger partial charge in [-0.15, -0.1) is 0 Å². The molecule has 0 heterocycles. The first-order valence-corrected chi connectivity index (χ1v) is 6.01. The monoisotopic (exact) mass is 278 g/mol. The largest absolute Gasteiger partial charge is 0.492 e. The average Bonchev–Trinajstić information content (AvgIpc) is 2.39. The molecule has 0 spiro atoms. The van der Waals surface area contributed by atoms with E-state index in [4.69, 9.17) is 4.74 Å². The topological polar surface area (TPSA) is 49.7 Å². The van der Waals surface area contributed by atoms with Crippen molar-refractivity contribution in [2.24, 2.45) is 0 Å². The molecule has 2 rings (SSSR count). The number of benzene rings is 2. The molecule has 6 heteroatoms. The zero-order chi connectivity index (χ0) is 14.7. The van der Waals surface area contributed by atoms with Crippen molar-refractivity contribution in [2.75, 3.05) is 0 Å². The average molecular weight is 278 g/mol. The van der Waals surface area contributed by atoms with Crippen LogP contribution < -0.4 is 10.2 Å². The second-order valence-electron chi connectivity index (χ2n) is 4.40. The molecule has 0 radical (unpaired) electrons. The van der Waals surface area contributed by atoms with Gasteiger partial charge in [-0.1, -0.05) is 23.8 Å². The molecule has 2 aromatic carbocycles. The Bertz CT molecular complexity index is 597. The third kappa shape index (κ3) is 3.15. The highest BCUT2D eigenvalue weighted by Gasteiger charge is 2.18. The Morgan fingerprint density at radius 2 is 1.75 bits per heavy atom. The molecular weight excluding hydrogens is 265 g/mol. The van der Waals surface area contributed by atoms with E-state index in [2.05, 4.69) is 0 Å². The molecule has 0 saturated heterocycles. The summed E-state index contributed by atoms with van der Waals surface area (Å²) in [7, 11) is -1.71. The number of ether oxygens (including phenoxy) is 1. The molecule has 104 valence electrons. The number of hydrogen-bond donors (Lipinski definition) is 2. The van der Waals surface area contributed by atoms with Gasteiger partial charge in [-0.05, 0) is 25.1 Å². The van der Waals surface area contributed by atoms with Crippen LogP contribution in [0.1, 0.15) is 11.1 Å². The fourth-order valence-corrected chi connectivity index (χ4v) is 1.82. The number of hydrogen-bond acceptors (Lipinski definition) is 3. The molecule has 0 aliphatic heterocycles. The smallest absolute Gasteiger partial charge is 0.489 e. The first-order chi connectivity index (χ1) is 9.49. The van der Waals surface area contributed by atoms with E-state index in [-0.39, 0.29) is 23.4 Å². The lowest BCUT2D eigenvalue weighted by molar-refractivity contribution is 0.293. The summed E-state index contributed by atoms with van der Waals surface area (Å²) in [5.74, 6) is -1.24. The van der Waals surface area contributed by atoms with Gasteiger partial charge in [-0.3, -0.25) is 0 Å². The summed E-state index contributed by atoms with van der Waals surface area (Å²) in [6.07, 6.45) is 0. The standard InChI is InChI=1S/C14H13BF2O3/c1-9-5-6-14(11(7-9)15(18)19)20-8-10-12(16)3-2-4-13(10)17/h2-7,18-19H,8H2,1H3. The van der Waals surface area contributed by atoms with Crippen LogP contribution in [-0.4, -0.2) is 17.2 Å². The van der Waals surface area contributed by atoms with Crippen molar-refractivity contribution in [2.45, 2.75) is 13.5 Å². The Morgan fingerprint density at radius 1 is 1.10 bits per heavy atom. The van der Waals surface area contributed by atoms with Gasteiger partial charge in [0.2, 0.25) is 0 Å². The van der Waals surface area contributed by atoms with Gasteiger partial charge in [0.15, 0.2) is 0 Å². The minimum atomic E-state index is -1.71. The molecule has 0 aliphatic rings. The van der Waals surface area contributed by atoms with E-state index in [1.54, 1.807) is 13.0 Å². The van der Waals surface area contributed by atoms with Gasteiger partial charge < -0.3 is 14.8 Å². The molecule has 0 atom stereocenters. The summed E-state index contributed by atoms with van der Waals surface area (Å²) in [6.45, 7) is 1.45. The second kappa shape index (κ2) is 6.03. The van der Waals surface area contributed by atoms with Crippen molar-refractivity contribution < 1.29 is 23.6 Å². The molecule has 20 heavy (non-hydrogen) atoms. The fourth-order valence-electron chi connectivity index (χ4n) is 1.82. The summed E-state index contributed by atoms with van der Waals surface area (Å²) in [5.41, 5.74) is 0.769. The van der Waals surface area contributed by atoms with Crippen molar-refractivity contribution >= 4 is 12.6 Å². The minimum Gasteiger partial charge on any atom is -0.489 e. The highest BCUT2D eigenvalue weighted by atomic mass is 19.1. The Kier molecular flexibility index (Phi) is 4.37. The highest BCUT2D eigenvalue weighted by molar-refractivity contribution is 6.59. The third-order valence-corrected chi connectivity index (χ3v) is 2.88. The maximum absolute atomic E-state index is 13.5. The van der Waals surface area contributed by atoms with E-state index in [0.29, 0.717) is 0 Å². The van der Waals surface area contributed by atoms with Crippen molar-refractivity contribution in [3.8, 4) is 5.75 Å². The van der Waals surface area contributed by atoms with Gasteiger partial charge >= 0.3 is 7.12 Å². The molecule has 2 N–H and O–H groups in total. The minimum absolute atomic E-state index is 0.154. The summed E-state index contributed by atoms with van der Waals surface area (Å²) in [4.78, 5) is 0. The summed E-state index contributed by atoms with van der Waals surface area (Å²) >= 11 is 0. The van der Waals surface area contributed by atoms with Gasteiger partial charge in [0.1, 0.15) is 24.0 Å². The molecule has 0 saturated carbocycles. The molecule has 0 unspecified atom stereocenters. The van der Waals surface area contributed by atoms with Crippen LogP contribution in [0.4, 0.5) is 8.78 Å². The van der Waals surface area contributed by atoms with Crippen LogP contribution in [-0.2, 0) is 6.61 Å². The van der Waals surface area contributed by atoms with Crippen molar-refractivity contribution in [3.63, 3.8) is 0 Å². The lowest BCUT2D eigenvalue weighted by Gasteiger charge is -2.12. The van der Waals surface area contributed by atoms with E-state index < -0.39 is 18.8 Å². The van der Waals surface area contributed by atoms with Gasteiger partial charge in [-0.25, -0.2) is 8.78 Å². The van der Waals surface area contributed by atoms with E-state index in [9.17, 15) is 18.8 Å². The zero-order valence-electron chi connectivity index (χ0n) is 10.8. The lowest BCUT2D eigenvalue weighted by Crippen LogP contribution is -2.31. The number of halogens is 2. The predicted molar refractivity (Wildman–Crippen MR) is 71.7 cm³/mol. The lowest BCUT2D eigenvalue weighted by atomic mass is 9.79. The molecule has 0 aromatic heterocycles. The summed E-state index contributed by atoms with van der Waals surface area (Å²) in [6, 6.07) is 8.32. The maximum atomic E-state index is 13.5. The Hall–Kier alpha value is -1.92. The number of rotatable bonds is 4. The van der Waals surface area contributed by atoms with E-state index in [1.807, 2.05) is 0 Å².